The van der Waals surface area contributed by atoms with Gasteiger partial charge in [-0.05, 0) is 19.1 Å². The Morgan fingerprint density at radius 3 is 2.44 bits per heavy atom. The van der Waals surface area contributed by atoms with Crippen LogP contribution in [0.5, 0.6) is 0 Å². The molecule has 0 aliphatic carbocycles. The molecule has 0 aromatic heterocycles. The van der Waals surface area contributed by atoms with Crippen molar-refractivity contribution in [3.8, 4) is 0 Å². The van der Waals surface area contributed by atoms with Crippen LogP contribution in [0.25, 0.3) is 0 Å². The van der Waals surface area contributed by atoms with Crippen LogP contribution in [0.4, 0.5) is 0 Å². The summed E-state index contributed by atoms with van der Waals surface area (Å²) >= 11 is 0. The predicted molar refractivity (Wildman–Crippen MR) is 59.3 cm³/mol. The van der Waals surface area contributed by atoms with E-state index in [0.29, 0.717) is 0 Å². The smallest absolute Gasteiger partial charge is 0.242 e. The van der Waals surface area contributed by atoms with Crippen LogP contribution in [0.3, 0.4) is 0 Å². The van der Waals surface area contributed by atoms with E-state index in [1.807, 2.05) is 6.92 Å². The van der Waals surface area contributed by atoms with Crippen LogP contribution in [-0.4, -0.2) is 29.1 Å². The monoisotopic (exact) mass is 245 g/mol. The molecule has 1 rings (SSSR count). The Labute approximate surface area is 95.4 Å². The third-order valence-electron chi connectivity index (χ3n) is 1.88. The Morgan fingerprint density at radius 1 is 1.25 bits per heavy atom. The summed E-state index contributed by atoms with van der Waals surface area (Å²) in [6.07, 6.45) is 0. The van der Waals surface area contributed by atoms with Gasteiger partial charge in [-0.1, -0.05) is 17.7 Å². The lowest BCUT2D eigenvalue weighted by atomic mass is 10.2. The first kappa shape index (κ1) is 13.1. The highest BCUT2D eigenvalue weighted by Crippen LogP contribution is 2.09. The average molecular weight is 245 g/mol. The number of hydrogen-bond acceptors (Lipinski definition) is 4. The Morgan fingerprint density at radius 2 is 1.88 bits per heavy atom. The van der Waals surface area contributed by atoms with Gasteiger partial charge in [-0.2, -0.15) is 4.72 Å². The van der Waals surface area contributed by atoms with Crippen molar-refractivity contribution in [3.63, 3.8) is 0 Å². The molecule has 90 valence electrons. The average Bonchev–Trinajstić information content (AvgIpc) is 2.25. The summed E-state index contributed by atoms with van der Waals surface area (Å²) in [5.41, 5.74) is 1.01. The number of sulfonamides is 1. The summed E-state index contributed by atoms with van der Waals surface area (Å²) in [6.45, 7) is 1.84. The van der Waals surface area contributed by atoms with E-state index in [1.165, 1.54) is 7.11 Å². The highest BCUT2D eigenvalue weighted by atomic mass is 32.2. The first-order chi connectivity index (χ1) is 7.56. The zero-order valence-corrected chi connectivity index (χ0v) is 10.1. The van der Waals surface area contributed by atoms with E-state index < -0.39 is 10.0 Å². The van der Waals surface area contributed by atoms with Gasteiger partial charge in [-0.15, -0.1) is 0 Å². The third-order valence-corrected chi connectivity index (χ3v) is 3.27. The molecule has 0 heterocycles. The fraction of sp³-hybridized carbons (Fsp3) is 0.400. The first-order valence-electron chi connectivity index (χ1n) is 4.69. The number of hydrogen-bond donors (Lipinski definition) is 1. The summed E-state index contributed by atoms with van der Waals surface area (Å²) in [4.78, 5) is 0.221. The molecule has 0 aliphatic heterocycles. The van der Waals surface area contributed by atoms with Crippen LogP contribution < -0.4 is 4.72 Å². The van der Waals surface area contributed by atoms with Gasteiger partial charge in [-0.3, -0.25) is 0 Å². The summed E-state index contributed by atoms with van der Waals surface area (Å²) in [5, 5.41) is 0. The van der Waals surface area contributed by atoms with Crippen LogP contribution in [0.2, 0.25) is 0 Å². The summed E-state index contributed by atoms with van der Waals surface area (Å²) < 4.78 is 35.1. The second-order valence-corrected chi connectivity index (χ2v) is 4.98. The third kappa shape index (κ3) is 3.90. The lowest BCUT2D eigenvalue weighted by Crippen LogP contribution is -2.26. The number of methoxy groups -OCH3 is 1. The fourth-order valence-corrected chi connectivity index (χ4v) is 1.94. The van der Waals surface area contributed by atoms with Crippen LogP contribution >= 0.6 is 0 Å². The maximum absolute atomic E-state index is 11.7. The van der Waals surface area contributed by atoms with Crippen molar-refractivity contribution in [1.29, 1.82) is 0 Å². The second kappa shape index (κ2) is 5.95. The van der Waals surface area contributed by atoms with E-state index in [1.54, 1.807) is 24.3 Å². The molecule has 1 N–H and O–H groups in total. The summed E-state index contributed by atoms with van der Waals surface area (Å²) in [6, 6.07) is 6.58. The number of rotatable bonds is 6. The molecule has 0 amide bonds. The zero-order chi connectivity index (χ0) is 12.0. The van der Waals surface area contributed by atoms with Gasteiger partial charge >= 0.3 is 0 Å². The normalized spacial score (nSPS) is 11.6. The topological polar surface area (TPSA) is 64.6 Å². The van der Waals surface area contributed by atoms with Crippen molar-refractivity contribution in [1.82, 2.24) is 4.72 Å². The zero-order valence-electron chi connectivity index (χ0n) is 9.26. The number of benzene rings is 1. The van der Waals surface area contributed by atoms with Crippen molar-refractivity contribution in [3.05, 3.63) is 29.8 Å². The molecule has 16 heavy (non-hydrogen) atoms. The SMILES string of the molecule is COCOCNS(=O)(=O)c1ccc(C)cc1. The number of aryl methyl sites for hydroxylation is 1. The van der Waals surface area contributed by atoms with E-state index in [-0.39, 0.29) is 18.4 Å². The van der Waals surface area contributed by atoms with Gasteiger partial charge in [0.05, 0.1) is 4.90 Å². The van der Waals surface area contributed by atoms with Crippen molar-refractivity contribution in [2.24, 2.45) is 0 Å². The molecule has 5 nitrogen and oxygen atoms in total. The van der Waals surface area contributed by atoms with Gasteiger partial charge in [0.25, 0.3) is 0 Å². The van der Waals surface area contributed by atoms with E-state index in [4.69, 9.17) is 4.74 Å². The molecule has 0 aliphatic rings. The van der Waals surface area contributed by atoms with Crippen LogP contribution in [0, 0.1) is 6.92 Å². The van der Waals surface area contributed by atoms with Gasteiger partial charge in [0.2, 0.25) is 10.0 Å². The minimum atomic E-state index is -3.49. The Hall–Kier alpha value is -0.950. The highest BCUT2D eigenvalue weighted by Gasteiger charge is 2.12. The van der Waals surface area contributed by atoms with Crippen LogP contribution in [0.15, 0.2) is 29.2 Å². The van der Waals surface area contributed by atoms with Gasteiger partial charge in [0.1, 0.15) is 13.5 Å². The highest BCUT2D eigenvalue weighted by molar-refractivity contribution is 7.89. The molecule has 0 saturated carbocycles. The molecule has 1 aromatic carbocycles. The molecule has 0 spiro atoms. The largest absolute Gasteiger partial charge is 0.359 e. The number of ether oxygens (including phenoxy) is 2. The van der Waals surface area contributed by atoms with Gasteiger partial charge < -0.3 is 9.47 Å². The second-order valence-electron chi connectivity index (χ2n) is 3.22. The van der Waals surface area contributed by atoms with Gasteiger partial charge in [0.15, 0.2) is 0 Å². The maximum Gasteiger partial charge on any atom is 0.242 e. The van der Waals surface area contributed by atoms with Crippen LogP contribution in [0.1, 0.15) is 5.56 Å². The van der Waals surface area contributed by atoms with Crippen molar-refractivity contribution in [2.45, 2.75) is 11.8 Å². The van der Waals surface area contributed by atoms with Crippen molar-refractivity contribution >= 4 is 10.0 Å². The molecule has 0 bridgehead atoms. The quantitative estimate of drug-likeness (QED) is 0.596. The lowest BCUT2D eigenvalue weighted by molar-refractivity contribution is -0.0318. The van der Waals surface area contributed by atoms with E-state index in [9.17, 15) is 8.42 Å². The Balaban J connectivity index is 2.60. The van der Waals surface area contributed by atoms with E-state index >= 15 is 0 Å². The van der Waals surface area contributed by atoms with Gasteiger partial charge in [-0.25, -0.2) is 8.42 Å². The Kier molecular flexibility index (Phi) is 4.88. The lowest BCUT2D eigenvalue weighted by Gasteiger charge is -2.07. The molecule has 0 atom stereocenters. The Bertz CT molecular complexity index is 413. The molecule has 0 fully saturated rings. The van der Waals surface area contributed by atoms with Crippen LogP contribution in [-0.2, 0) is 19.5 Å². The van der Waals surface area contributed by atoms with Crippen molar-refractivity contribution in [2.75, 3.05) is 20.6 Å². The van der Waals surface area contributed by atoms with E-state index in [0.717, 1.165) is 5.56 Å². The molecule has 0 saturated heterocycles. The summed E-state index contributed by atoms with van der Waals surface area (Å²) in [5.74, 6) is 0. The minimum Gasteiger partial charge on any atom is -0.359 e. The van der Waals surface area contributed by atoms with E-state index in [2.05, 4.69) is 9.46 Å². The summed E-state index contributed by atoms with van der Waals surface area (Å²) in [7, 11) is -2.02. The molecule has 0 unspecified atom stereocenters. The van der Waals surface area contributed by atoms with Gasteiger partial charge in [0, 0.05) is 7.11 Å². The maximum atomic E-state index is 11.7. The van der Waals surface area contributed by atoms with Crippen molar-refractivity contribution < 1.29 is 17.9 Å². The number of nitrogens with one attached hydrogen (secondary N) is 1. The minimum absolute atomic E-state index is 0.0520. The predicted octanol–water partition coefficient (Wildman–Crippen LogP) is 0.851. The molecular weight excluding hydrogens is 230 g/mol. The molecule has 6 heteroatoms. The fourth-order valence-electron chi connectivity index (χ4n) is 1.04. The molecule has 1 aromatic rings. The first-order valence-corrected chi connectivity index (χ1v) is 6.17. The molecular formula is C10H15NO4S. The molecule has 0 radical (unpaired) electrons. The standard InChI is InChI=1S/C10H15NO4S/c1-9-3-5-10(6-4-9)16(12,13)11-7-15-8-14-2/h3-6,11H,7-8H2,1-2H3.